The molecule has 0 heterocycles. The second kappa shape index (κ2) is 61.2. The Bertz CT molecular complexity index is 1150. The van der Waals surface area contributed by atoms with Crippen LogP contribution >= 0.6 is 0 Å². The molecule has 0 spiro atoms. The lowest BCUT2D eigenvalue weighted by Crippen LogP contribution is -2.30. The number of allylic oxidation sites excluding steroid dienone is 8. The first kappa shape index (κ1) is 67.9. The van der Waals surface area contributed by atoms with Crippen molar-refractivity contribution in [2.75, 3.05) is 19.8 Å². The van der Waals surface area contributed by atoms with Gasteiger partial charge in [-0.2, -0.15) is 0 Å². The van der Waals surface area contributed by atoms with Crippen molar-refractivity contribution in [2.45, 2.75) is 335 Å². The average Bonchev–Trinajstić information content (AvgIpc) is 3.36. The number of hydrogen-bond acceptors (Lipinski definition) is 5. The van der Waals surface area contributed by atoms with Crippen molar-refractivity contribution in [3.8, 4) is 0 Å². The topological polar surface area (TPSA) is 61.8 Å². The minimum atomic E-state index is -0.543. The fourth-order valence-electron chi connectivity index (χ4n) is 9.12. The molecule has 0 aliphatic heterocycles. The predicted molar refractivity (Wildman–Crippen MR) is 307 cm³/mol. The van der Waals surface area contributed by atoms with Gasteiger partial charge in [-0.15, -0.1) is 0 Å². The average molecular weight is 982 g/mol. The Hall–Kier alpha value is -2.14. The molecule has 5 heteroatoms. The van der Waals surface area contributed by atoms with Crippen LogP contribution in [0.25, 0.3) is 0 Å². The van der Waals surface area contributed by atoms with E-state index in [0.29, 0.717) is 19.4 Å². The van der Waals surface area contributed by atoms with Crippen LogP contribution in [-0.2, 0) is 23.8 Å². The van der Waals surface area contributed by atoms with Crippen LogP contribution in [0.3, 0.4) is 0 Å². The van der Waals surface area contributed by atoms with Crippen LogP contribution in [0.2, 0.25) is 0 Å². The summed E-state index contributed by atoms with van der Waals surface area (Å²) in [6, 6.07) is 0. The van der Waals surface area contributed by atoms with Crippen molar-refractivity contribution in [3.63, 3.8) is 0 Å². The fraction of sp³-hybridized carbons (Fsp3) is 0.846. The molecule has 0 saturated heterocycles. The molecule has 1 atom stereocenters. The lowest BCUT2D eigenvalue weighted by molar-refractivity contribution is -0.163. The summed E-state index contributed by atoms with van der Waals surface area (Å²) in [5, 5.41) is 0. The number of carbonyl (C=O) groups excluding carboxylic acids is 2. The van der Waals surface area contributed by atoms with Gasteiger partial charge in [-0.1, -0.05) is 262 Å². The largest absolute Gasteiger partial charge is 0.462 e. The molecule has 0 aliphatic carbocycles. The molecular weight excluding hydrogens is 861 g/mol. The predicted octanol–water partition coefficient (Wildman–Crippen LogP) is 21.5. The first-order valence-electron chi connectivity index (χ1n) is 31.2. The van der Waals surface area contributed by atoms with E-state index in [1.807, 2.05) is 0 Å². The summed E-state index contributed by atoms with van der Waals surface area (Å²) in [6.45, 7) is 7.84. The third-order valence-electron chi connectivity index (χ3n) is 13.8. The van der Waals surface area contributed by atoms with Gasteiger partial charge in [0.1, 0.15) is 6.61 Å². The molecule has 0 aliphatic rings. The highest BCUT2D eigenvalue weighted by molar-refractivity contribution is 5.70. The summed E-state index contributed by atoms with van der Waals surface area (Å²) in [5.41, 5.74) is 0. The number of rotatable bonds is 58. The third-order valence-corrected chi connectivity index (χ3v) is 13.8. The van der Waals surface area contributed by atoms with Crippen molar-refractivity contribution in [1.29, 1.82) is 0 Å². The normalized spacial score (nSPS) is 12.4. The molecule has 70 heavy (non-hydrogen) atoms. The lowest BCUT2D eigenvalue weighted by Gasteiger charge is -2.18. The Balaban J connectivity index is 4.26. The molecular formula is C65H120O5. The van der Waals surface area contributed by atoms with Crippen LogP contribution < -0.4 is 0 Å². The van der Waals surface area contributed by atoms with Crippen LogP contribution in [0.4, 0.5) is 0 Å². The monoisotopic (exact) mass is 981 g/mol. The Labute approximate surface area is 437 Å². The molecule has 0 N–H and O–H groups in total. The number of esters is 2. The highest BCUT2D eigenvalue weighted by Crippen LogP contribution is 2.16. The van der Waals surface area contributed by atoms with Crippen LogP contribution in [0.1, 0.15) is 329 Å². The molecule has 0 aromatic carbocycles. The van der Waals surface area contributed by atoms with Gasteiger partial charge in [-0.3, -0.25) is 9.59 Å². The summed E-state index contributed by atoms with van der Waals surface area (Å²) in [5.74, 6) is -0.393. The molecule has 5 nitrogen and oxygen atoms in total. The quantitative estimate of drug-likeness (QED) is 0.0345. The first-order chi connectivity index (χ1) is 34.6. The number of unbranched alkanes of at least 4 members (excludes halogenated alkanes) is 39. The van der Waals surface area contributed by atoms with Crippen LogP contribution in [0.5, 0.6) is 0 Å². The van der Waals surface area contributed by atoms with Crippen molar-refractivity contribution >= 4 is 11.9 Å². The van der Waals surface area contributed by atoms with E-state index in [2.05, 4.69) is 69.4 Å². The van der Waals surface area contributed by atoms with Gasteiger partial charge in [0.05, 0.1) is 6.61 Å². The Kier molecular flexibility index (Phi) is 59.3. The van der Waals surface area contributed by atoms with Gasteiger partial charge in [0.15, 0.2) is 6.10 Å². The maximum absolute atomic E-state index is 12.9. The smallest absolute Gasteiger partial charge is 0.306 e. The molecule has 0 radical (unpaired) electrons. The van der Waals surface area contributed by atoms with Crippen molar-refractivity contribution in [1.82, 2.24) is 0 Å². The van der Waals surface area contributed by atoms with E-state index >= 15 is 0 Å². The molecule has 0 fully saturated rings. The summed E-state index contributed by atoms with van der Waals surface area (Å²) < 4.78 is 17.5. The molecule has 0 amide bonds. The zero-order valence-electron chi connectivity index (χ0n) is 47.3. The maximum Gasteiger partial charge on any atom is 0.306 e. The Morgan fingerprint density at radius 2 is 0.600 bits per heavy atom. The number of ether oxygens (including phenoxy) is 3. The van der Waals surface area contributed by atoms with E-state index in [1.165, 1.54) is 244 Å². The molecule has 0 saturated carbocycles. The highest BCUT2D eigenvalue weighted by atomic mass is 16.6. The maximum atomic E-state index is 12.9. The van der Waals surface area contributed by atoms with Crippen molar-refractivity contribution < 1.29 is 23.8 Å². The van der Waals surface area contributed by atoms with Gasteiger partial charge >= 0.3 is 11.9 Å². The standard InChI is InChI=1S/C65H120O5/c1-4-7-10-13-16-19-22-25-28-31-33-35-37-40-43-46-49-52-55-58-64(66)69-62-63(61-68-60-57-54-51-48-45-42-39-36-32-29-26-23-20-17-14-11-8-5-2)70-65(67)59-56-53-50-47-44-41-38-34-30-27-24-21-18-15-12-9-6-3/h18,21,25-30,63H,4-17,19-20,22-24,31-62H2,1-3H3/b21-18-,28-25-,29-26-,30-27-. The van der Waals surface area contributed by atoms with E-state index in [9.17, 15) is 9.59 Å². The SMILES string of the molecule is CCCCC/C=C\C/C=C\CCCCCCCCCC(=O)OC(COCCCCCCCCCC/C=C\CCCCCCCC)COC(=O)CCCCCCCCCCC/C=C\CCCCCCCC. The Morgan fingerprint density at radius 3 is 0.986 bits per heavy atom. The van der Waals surface area contributed by atoms with Gasteiger partial charge in [0, 0.05) is 19.4 Å². The van der Waals surface area contributed by atoms with Gasteiger partial charge < -0.3 is 14.2 Å². The highest BCUT2D eigenvalue weighted by Gasteiger charge is 2.17. The molecule has 0 bridgehead atoms. The van der Waals surface area contributed by atoms with Crippen molar-refractivity contribution in [2.24, 2.45) is 0 Å². The van der Waals surface area contributed by atoms with Crippen LogP contribution in [-0.4, -0.2) is 37.9 Å². The minimum absolute atomic E-state index is 0.0827. The van der Waals surface area contributed by atoms with Crippen LogP contribution in [0, 0.1) is 0 Å². The first-order valence-corrected chi connectivity index (χ1v) is 31.2. The summed E-state index contributed by atoms with van der Waals surface area (Å²) in [4.78, 5) is 25.6. The summed E-state index contributed by atoms with van der Waals surface area (Å²) in [7, 11) is 0. The fourth-order valence-corrected chi connectivity index (χ4v) is 9.12. The summed E-state index contributed by atoms with van der Waals surface area (Å²) in [6.07, 6.45) is 77.1. The van der Waals surface area contributed by atoms with Crippen molar-refractivity contribution in [3.05, 3.63) is 48.6 Å². The molecule has 1 unspecified atom stereocenters. The number of hydrogen-bond donors (Lipinski definition) is 0. The zero-order valence-corrected chi connectivity index (χ0v) is 47.3. The van der Waals surface area contributed by atoms with E-state index in [4.69, 9.17) is 14.2 Å². The van der Waals surface area contributed by atoms with Gasteiger partial charge in [-0.25, -0.2) is 0 Å². The van der Waals surface area contributed by atoms with E-state index in [0.717, 1.165) is 51.4 Å². The van der Waals surface area contributed by atoms with Gasteiger partial charge in [-0.05, 0) is 103 Å². The number of carbonyl (C=O) groups is 2. The minimum Gasteiger partial charge on any atom is -0.462 e. The summed E-state index contributed by atoms with van der Waals surface area (Å²) >= 11 is 0. The van der Waals surface area contributed by atoms with Gasteiger partial charge in [0.2, 0.25) is 0 Å². The second-order valence-corrected chi connectivity index (χ2v) is 21.0. The molecule has 0 rings (SSSR count). The zero-order chi connectivity index (χ0) is 50.6. The van der Waals surface area contributed by atoms with Crippen LogP contribution in [0.15, 0.2) is 48.6 Å². The Morgan fingerprint density at radius 1 is 0.314 bits per heavy atom. The lowest BCUT2D eigenvalue weighted by atomic mass is 10.1. The van der Waals surface area contributed by atoms with E-state index in [1.54, 1.807) is 0 Å². The molecule has 0 aromatic heterocycles. The second-order valence-electron chi connectivity index (χ2n) is 21.0. The van der Waals surface area contributed by atoms with E-state index in [-0.39, 0.29) is 25.2 Å². The van der Waals surface area contributed by atoms with E-state index < -0.39 is 6.10 Å². The molecule has 0 aromatic rings. The third kappa shape index (κ3) is 58.4. The van der Waals surface area contributed by atoms with Gasteiger partial charge in [0.25, 0.3) is 0 Å². The molecule has 410 valence electrons.